The van der Waals surface area contributed by atoms with E-state index in [0.29, 0.717) is 0 Å². The normalized spacial score (nSPS) is 9.43. The Labute approximate surface area is 83.4 Å². The number of hydrogen-bond donors (Lipinski definition) is 0. The molecule has 0 aliphatic carbocycles. The standard InChI is InChI=1S/C13H11N/c1-2-6-10-14-11-13-9-5-4-8-12(13)7-3-1/h1-11H. The molecule has 2 aromatic rings. The van der Waals surface area contributed by atoms with Gasteiger partial charge in [-0.05, 0) is 16.8 Å². The molecular formula is C13H11N. The van der Waals surface area contributed by atoms with Crippen molar-refractivity contribution in [2.24, 2.45) is 0 Å². The molecule has 0 spiro atoms. The van der Waals surface area contributed by atoms with Gasteiger partial charge in [0.25, 0.3) is 0 Å². The third kappa shape index (κ3) is 2.07. The second-order valence-corrected chi connectivity index (χ2v) is 2.99. The van der Waals surface area contributed by atoms with E-state index in [-0.39, 0.29) is 0 Å². The highest BCUT2D eigenvalue weighted by Gasteiger charge is 1.83. The van der Waals surface area contributed by atoms with Gasteiger partial charge in [-0.1, -0.05) is 48.5 Å². The molecule has 0 radical (unpaired) electrons. The maximum atomic E-state index is 4.18. The van der Waals surface area contributed by atoms with Crippen molar-refractivity contribution in [2.45, 2.75) is 0 Å². The van der Waals surface area contributed by atoms with E-state index in [9.17, 15) is 0 Å². The fraction of sp³-hybridized carbons (Fsp3) is 0. The summed E-state index contributed by atoms with van der Waals surface area (Å²) >= 11 is 0. The van der Waals surface area contributed by atoms with Crippen molar-refractivity contribution in [3.63, 3.8) is 0 Å². The van der Waals surface area contributed by atoms with E-state index < -0.39 is 0 Å². The highest BCUT2D eigenvalue weighted by atomic mass is 14.6. The molecule has 0 aliphatic heterocycles. The molecule has 0 saturated heterocycles. The zero-order valence-corrected chi connectivity index (χ0v) is 7.80. The number of benzene rings is 1. The monoisotopic (exact) mass is 181 g/mol. The maximum Gasteiger partial charge on any atom is 0.0346 e. The summed E-state index contributed by atoms with van der Waals surface area (Å²) in [6.07, 6.45) is 3.65. The summed E-state index contributed by atoms with van der Waals surface area (Å²) < 4.78 is 0. The average Bonchev–Trinajstić information content (AvgIpc) is 2.25. The van der Waals surface area contributed by atoms with Crippen LogP contribution in [0, 0.1) is 0 Å². The summed E-state index contributed by atoms with van der Waals surface area (Å²) in [5, 5.41) is 2.33. The third-order valence-corrected chi connectivity index (χ3v) is 1.99. The molecule has 2 rings (SSSR count). The van der Waals surface area contributed by atoms with Crippen LogP contribution in [0.15, 0.2) is 67.0 Å². The van der Waals surface area contributed by atoms with Crippen LogP contribution in [-0.2, 0) is 0 Å². The van der Waals surface area contributed by atoms with E-state index >= 15 is 0 Å². The van der Waals surface area contributed by atoms with Crippen molar-refractivity contribution in [3.05, 3.63) is 67.0 Å². The summed E-state index contributed by atoms with van der Waals surface area (Å²) in [6, 6.07) is 18.2. The number of nitrogens with zero attached hydrogens (tertiary/aromatic N) is 1. The minimum absolute atomic E-state index is 1.14. The first-order valence-electron chi connectivity index (χ1n) is 4.59. The van der Waals surface area contributed by atoms with Crippen LogP contribution >= 0.6 is 0 Å². The van der Waals surface area contributed by atoms with Gasteiger partial charge in [0, 0.05) is 12.4 Å². The van der Waals surface area contributed by atoms with Crippen LogP contribution in [0.1, 0.15) is 0 Å². The molecule has 1 nitrogen and oxygen atoms in total. The molecule has 68 valence electrons. The van der Waals surface area contributed by atoms with Gasteiger partial charge in [0.15, 0.2) is 0 Å². The number of rotatable bonds is 0. The molecule has 1 aromatic carbocycles. The molecule has 1 heteroatoms. The molecule has 1 heterocycles. The van der Waals surface area contributed by atoms with Gasteiger partial charge in [0.2, 0.25) is 0 Å². The molecule has 0 N–H and O–H groups in total. The first-order chi connectivity index (χ1) is 6.97. The van der Waals surface area contributed by atoms with Gasteiger partial charge in [-0.3, -0.25) is 4.98 Å². The summed E-state index contributed by atoms with van der Waals surface area (Å²) in [5.41, 5.74) is 0. The Hall–Kier alpha value is -1.89. The van der Waals surface area contributed by atoms with Gasteiger partial charge in [-0.2, -0.15) is 0 Å². The van der Waals surface area contributed by atoms with Crippen molar-refractivity contribution < 1.29 is 0 Å². The van der Waals surface area contributed by atoms with Gasteiger partial charge in [0.05, 0.1) is 0 Å². The summed E-state index contributed by atoms with van der Waals surface area (Å²) in [7, 11) is 0. The van der Waals surface area contributed by atoms with Crippen LogP contribution in [0.5, 0.6) is 0 Å². The lowest BCUT2D eigenvalue weighted by molar-refractivity contribution is 1.37. The minimum atomic E-state index is 1.14. The number of hydrogen-bond acceptors (Lipinski definition) is 1. The fourth-order valence-electron chi connectivity index (χ4n) is 1.29. The lowest BCUT2D eigenvalue weighted by atomic mass is 10.2. The molecule has 1 aromatic heterocycles. The molecule has 0 unspecified atom stereocenters. The van der Waals surface area contributed by atoms with Crippen molar-refractivity contribution >= 4 is 10.8 Å². The quantitative estimate of drug-likeness (QED) is 0.607. The van der Waals surface area contributed by atoms with E-state index in [1.807, 2.05) is 42.6 Å². The summed E-state index contributed by atoms with van der Waals surface area (Å²) in [6.45, 7) is 0. The predicted molar refractivity (Wildman–Crippen MR) is 59.4 cm³/mol. The van der Waals surface area contributed by atoms with Gasteiger partial charge >= 0.3 is 0 Å². The minimum Gasteiger partial charge on any atom is -0.264 e. The van der Waals surface area contributed by atoms with Crippen LogP contribution < -0.4 is 0 Å². The topological polar surface area (TPSA) is 12.9 Å². The van der Waals surface area contributed by atoms with Crippen LogP contribution in [0.3, 0.4) is 0 Å². The van der Waals surface area contributed by atoms with Gasteiger partial charge in [0.1, 0.15) is 0 Å². The number of fused-ring (bicyclic) bond motifs is 1. The molecule has 0 bridgehead atoms. The van der Waals surface area contributed by atoms with E-state index in [2.05, 4.69) is 23.2 Å². The zero-order valence-electron chi connectivity index (χ0n) is 7.80. The fourth-order valence-corrected chi connectivity index (χ4v) is 1.29. The molecule has 0 fully saturated rings. The Bertz CT molecular complexity index is 430. The SMILES string of the molecule is c1cccc2ccccc2cncc1. The number of aromatic nitrogens is 1. The lowest BCUT2D eigenvalue weighted by Crippen LogP contribution is -1.67. The van der Waals surface area contributed by atoms with E-state index in [1.165, 1.54) is 5.39 Å². The van der Waals surface area contributed by atoms with Crippen LogP contribution in [0.25, 0.3) is 10.8 Å². The molecule has 0 saturated carbocycles. The first-order valence-corrected chi connectivity index (χ1v) is 4.59. The lowest BCUT2D eigenvalue weighted by Gasteiger charge is -1.89. The summed E-state index contributed by atoms with van der Waals surface area (Å²) in [4.78, 5) is 4.18. The molecule has 0 amide bonds. The Kier molecular flexibility index (Phi) is 2.72. The molecular weight excluding hydrogens is 170 g/mol. The van der Waals surface area contributed by atoms with Gasteiger partial charge < -0.3 is 0 Å². The molecule has 0 aliphatic rings. The Morgan fingerprint density at radius 1 is 0.643 bits per heavy atom. The first kappa shape index (κ1) is 8.70. The zero-order chi connectivity index (χ0) is 9.64. The van der Waals surface area contributed by atoms with Crippen LogP contribution in [0.4, 0.5) is 0 Å². The Morgan fingerprint density at radius 2 is 1.29 bits per heavy atom. The van der Waals surface area contributed by atoms with Crippen LogP contribution in [0.2, 0.25) is 0 Å². The Balaban J connectivity index is 2.76. The molecule has 0 atom stereocenters. The third-order valence-electron chi connectivity index (χ3n) is 1.99. The highest BCUT2D eigenvalue weighted by Crippen LogP contribution is 2.08. The maximum absolute atomic E-state index is 4.18. The van der Waals surface area contributed by atoms with Gasteiger partial charge in [-0.15, -0.1) is 0 Å². The van der Waals surface area contributed by atoms with Crippen molar-refractivity contribution in [1.82, 2.24) is 4.98 Å². The second kappa shape index (κ2) is 4.38. The Morgan fingerprint density at radius 3 is 2.14 bits per heavy atom. The second-order valence-electron chi connectivity index (χ2n) is 2.99. The van der Waals surface area contributed by atoms with E-state index in [1.54, 1.807) is 6.20 Å². The van der Waals surface area contributed by atoms with E-state index in [4.69, 9.17) is 0 Å². The highest BCUT2D eigenvalue weighted by molar-refractivity contribution is 5.80. The van der Waals surface area contributed by atoms with Crippen LogP contribution in [-0.4, -0.2) is 4.98 Å². The van der Waals surface area contributed by atoms with E-state index in [0.717, 1.165) is 5.39 Å². The van der Waals surface area contributed by atoms with Crippen molar-refractivity contribution in [1.29, 1.82) is 0 Å². The molecule has 14 heavy (non-hydrogen) atoms. The van der Waals surface area contributed by atoms with Crippen molar-refractivity contribution in [3.8, 4) is 0 Å². The average molecular weight is 181 g/mol. The summed E-state index contributed by atoms with van der Waals surface area (Å²) in [5.74, 6) is 0. The smallest absolute Gasteiger partial charge is 0.0346 e. The largest absolute Gasteiger partial charge is 0.264 e. The van der Waals surface area contributed by atoms with Crippen molar-refractivity contribution in [2.75, 3.05) is 0 Å². The van der Waals surface area contributed by atoms with Gasteiger partial charge in [-0.25, -0.2) is 0 Å². The predicted octanol–water partition coefficient (Wildman–Crippen LogP) is 3.36.